The van der Waals surface area contributed by atoms with E-state index in [2.05, 4.69) is 36.2 Å². The summed E-state index contributed by atoms with van der Waals surface area (Å²) in [7, 11) is 1.97. The topological polar surface area (TPSA) is 39.9 Å². The van der Waals surface area contributed by atoms with Gasteiger partial charge in [0.2, 0.25) is 0 Å². The summed E-state index contributed by atoms with van der Waals surface area (Å²) in [4.78, 5) is 5.99. The minimum atomic E-state index is 0.432. The van der Waals surface area contributed by atoms with Crippen molar-refractivity contribution < 1.29 is 0 Å². The zero-order chi connectivity index (χ0) is 12.3. The molecule has 0 aliphatic heterocycles. The average Bonchev–Trinajstić information content (AvgIpc) is 2.39. The second-order valence-electron chi connectivity index (χ2n) is 3.91. The van der Waals surface area contributed by atoms with Gasteiger partial charge in [0.1, 0.15) is 11.8 Å². The first-order valence-corrected chi connectivity index (χ1v) is 5.37. The number of benzene rings is 1. The summed E-state index contributed by atoms with van der Waals surface area (Å²) in [6.07, 6.45) is 1.65. The minimum Gasteiger partial charge on any atom is -0.344 e. The predicted octanol–water partition coefficient (Wildman–Crippen LogP) is 3.03. The van der Waals surface area contributed by atoms with Crippen molar-refractivity contribution in [3.63, 3.8) is 0 Å². The highest BCUT2D eigenvalue weighted by Gasteiger charge is 2.04. The van der Waals surface area contributed by atoms with Gasteiger partial charge in [-0.2, -0.15) is 5.26 Å². The van der Waals surface area contributed by atoms with Gasteiger partial charge in [-0.05, 0) is 31.2 Å². The molecule has 0 saturated carbocycles. The van der Waals surface area contributed by atoms with Crippen LogP contribution in [0, 0.1) is 18.3 Å². The monoisotopic (exact) mass is 223 g/mol. The number of aryl methyl sites for hydroxylation is 1. The van der Waals surface area contributed by atoms with E-state index in [1.807, 2.05) is 24.1 Å². The van der Waals surface area contributed by atoms with Crippen LogP contribution in [0.2, 0.25) is 0 Å². The Labute approximate surface area is 101 Å². The number of hydrogen-bond donors (Lipinski definition) is 0. The molecule has 0 fully saturated rings. The number of nitriles is 1. The second-order valence-corrected chi connectivity index (χ2v) is 3.91. The molecule has 0 aliphatic carbocycles. The quantitative estimate of drug-likeness (QED) is 0.785. The van der Waals surface area contributed by atoms with Crippen molar-refractivity contribution in [2.75, 3.05) is 11.9 Å². The van der Waals surface area contributed by atoms with Crippen LogP contribution in [0.5, 0.6) is 0 Å². The van der Waals surface area contributed by atoms with Crippen LogP contribution in [-0.4, -0.2) is 12.0 Å². The Balaban J connectivity index is 2.33. The van der Waals surface area contributed by atoms with Gasteiger partial charge in [0.05, 0.1) is 0 Å². The van der Waals surface area contributed by atoms with E-state index in [0.717, 1.165) is 11.4 Å². The predicted molar refractivity (Wildman–Crippen MR) is 68.2 cm³/mol. The molecule has 3 nitrogen and oxygen atoms in total. The first-order chi connectivity index (χ1) is 8.20. The molecule has 2 rings (SSSR count). The molecule has 0 aliphatic rings. The van der Waals surface area contributed by atoms with Gasteiger partial charge < -0.3 is 4.90 Å². The van der Waals surface area contributed by atoms with Gasteiger partial charge in [-0.25, -0.2) is 4.98 Å². The fourth-order valence-corrected chi connectivity index (χ4v) is 1.61. The van der Waals surface area contributed by atoms with Gasteiger partial charge in [-0.15, -0.1) is 0 Å². The van der Waals surface area contributed by atoms with Crippen LogP contribution in [0.3, 0.4) is 0 Å². The summed E-state index contributed by atoms with van der Waals surface area (Å²) < 4.78 is 0. The maximum absolute atomic E-state index is 8.82. The van der Waals surface area contributed by atoms with E-state index in [-0.39, 0.29) is 0 Å². The van der Waals surface area contributed by atoms with Crippen molar-refractivity contribution in [3.05, 3.63) is 53.9 Å². The summed E-state index contributed by atoms with van der Waals surface area (Å²) in [6.45, 7) is 2.06. The van der Waals surface area contributed by atoms with Gasteiger partial charge in [0.25, 0.3) is 0 Å². The normalized spacial score (nSPS) is 9.71. The van der Waals surface area contributed by atoms with Crippen molar-refractivity contribution in [1.29, 1.82) is 5.26 Å². The molecule has 0 spiro atoms. The fourth-order valence-electron chi connectivity index (χ4n) is 1.61. The molecule has 84 valence electrons. The third-order valence-corrected chi connectivity index (χ3v) is 2.67. The number of aromatic nitrogens is 1. The molecule has 0 N–H and O–H groups in total. The van der Waals surface area contributed by atoms with Crippen molar-refractivity contribution in [1.82, 2.24) is 4.98 Å². The van der Waals surface area contributed by atoms with Crippen LogP contribution in [0.4, 0.5) is 11.4 Å². The summed E-state index contributed by atoms with van der Waals surface area (Å²) in [5.41, 5.74) is 3.71. The largest absolute Gasteiger partial charge is 0.344 e. The number of rotatable bonds is 2. The SMILES string of the molecule is Cc1ccc(N(C)c2ccnc(C#N)c2)cc1. The first-order valence-electron chi connectivity index (χ1n) is 5.37. The Morgan fingerprint density at radius 1 is 1.12 bits per heavy atom. The molecule has 1 heterocycles. The molecule has 1 aromatic carbocycles. The van der Waals surface area contributed by atoms with E-state index in [1.165, 1.54) is 5.56 Å². The van der Waals surface area contributed by atoms with E-state index in [1.54, 1.807) is 12.3 Å². The number of hydrogen-bond acceptors (Lipinski definition) is 3. The minimum absolute atomic E-state index is 0.432. The second kappa shape index (κ2) is 4.67. The third-order valence-electron chi connectivity index (χ3n) is 2.67. The standard InChI is InChI=1S/C14H13N3/c1-11-3-5-13(6-4-11)17(2)14-7-8-16-12(9-14)10-15/h3-9H,1-2H3. The number of pyridine rings is 1. The highest BCUT2D eigenvalue weighted by molar-refractivity contribution is 5.63. The van der Waals surface area contributed by atoms with Crippen molar-refractivity contribution in [2.45, 2.75) is 6.92 Å². The Morgan fingerprint density at radius 3 is 2.47 bits per heavy atom. The molecule has 17 heavy (non-hydrogen) atoms. The van der Waals surface area contributed by atoms with Gasteiger partial charge in [0, 0.05) is 24.6 Å². The molecule has 0 bridgehead atoms. The molecule has 0 atom stereocenters. The van der Waals surface area contributed by atoms with Crippen molar-refractivity contribution in [3.8, 4) is 6.07 Å². The van der Waals surface area contributed by atoms with Crippen LogP contribution in [-0.2, 0) is 0 Å². The zero-order valence-electron chi connectivity index (χ0n) is 9.88. The molecular formula is C14H13N3. The van der Waals surface area contributed by atoms with Crippen LogP contribution < -0.4 is 4.90 Å². The maximum atomic E-state index is 8.82. The van der Waals surface area contributed by atoms with Crippen molar-refractivity contribution >= 4 is 11.4 Å². The first kappa shape index (κ1) is 11.2. The fraction of sp³-hybridized carbons (Fsp3) is 0.143. The molecule has 2 aromatic rings. The molecule has 1 aromatic heterocycles. The van der Waals surface area contributed by atoms with Gasteiger partial charge in [0.15, 0.2) is 0 Å². The maximum Gasteiger partial charge on any atom is 0.142 e. The van der Waals surface area contributed by atoms with Gasteiger partial charge in [-0.1, -0.05) is 17.7 Å². The van der Waals surface area contributed by atoms with Crippen LogP contribution >= 0.6 is 0 Å². The molecule has 0 saturated heterocycles. The third kappa shape index (κ3) is 2.43. The summed E-state index contributed by atoms with van der Waals surface area (Å²) >= 11 is 0. The van der Waals surface area contributed by atoms with Gasteiger partial charge in [-0.3, -0.25) is 0 Å². The van der Waals surface area contributed by atoms with E-state index < -0.39 is 0 Å². The lowest BCUT2D eigenvalue weighted by Crippen LogP contribution is -2.09. The Kier molecular flexibility index (Phi) is 3.06. The molecular weight excluding hydrogens is 210 g/mol. The van der Waals surface area contributed by atoms with E-state index in [9.17, 15) is 0 Å². The Hall–Kier alpha value is -2.34. The zero-order valence-corrected chi connectivity index (χ0v) is 9.88. The molecule has 3 heteroatoms. The number of nitrogens with zero attached hydrogens (tertiary/aromatic N) is 3. The average molecular weight is 223 g/mol. The highest BCUT2D eigenvalue weighted by atomic mass is 15.1. The molecule has 0 unspecified atom stereocenters. The molecule has 0 radical (unpaired) electrons. The lowest BCUT2D eigenvalue weighted by molar-refractivity contribution is 1.17. The van der Waals surface area contributed by atoms with Crippen molar-refractivity contribution in [2.24, 2.45) is 0 Å². The van der Waals surface area contributed by atoms with Crippen LogP contribution in [0.25, 0.3) is 0 Å². The number of anilines is 2. The van der Waals surface area contributed by atoms with E-state index >= 15 is 0 Å². The smallest absolute Gasteiger partial charge is 0.142 e. The summed E-state index contributed by atoms with van der Waals surface area (Å²) in [6, 6.07) is 14.0. The van der Waals surface area contributed by atoms with E-state index in [4.69, 9.17) is 5.26 Å². The Morgan fingerprint density at radius 2 is 1.82 bits per heavy atom. The summed E-state index contributed by atoms with van der Waals surface area (Å²) in [5.74, 6) is 0. The van der Waals surface area contributed by atoms with Crippen LogP contribution in [0.1, 0.15) is 11.3 Å². The Bertz CT molecular complexity index is 552. The highest BCUT2D eigenvalue weighted by Crippen LogP contribution is 2.23. The summed E-state index contributed by atoms with van der Waals surface area (Å²) in [5, 5.41) is 8.82. The molecule has 0 amide bonds. The van der Waals surface area contributed by atoms with Gasteiger partial charge >= 0.3 is 0 Å². The lowest BCUT2D eigenvalue weighted by atomic mass is 10.2. The lowest BCUT2D eigenvalue weighted by Gasteiger charge is -2.19. The van der Waals surface area contributed by atoms with E-state index in [0.29, 0.717) is 5.69 Å². The van der Waals surface area contributed by atoms with Crippen LogP contribution in [0.15, 0.2) is 42.6 Å².